The topological polar surface area (TPSA) is 63.6 Å². The maximum atomic E-state index is 12.0. The van der Waals surface area contributed by atoms with Gasteiger partial charge in [0.05, 0.1) is 12.5 Å². The third-order valence-corrected chi connectivity index (χ3v) is 3.59. The fraction of sp³-hybridized carbons (Fsp3) is 0.467. The molecule has 19 heavy (non-hydrogen) atoms. The summed E-state index contributed by atoms with van der Waals surface area (Å²) in [4.78, 5) is 23.8. The Labute approximate surface area is 112 Å². The van der Waals surface area contributed by atoms with Crippen LogP contribution in [0.4, 0.5) is 0 Å². The van der Waals surface area contributed by atoms with Crippen LogP contribution in [0, 0.1) is 5.92 Å². The minimum Gasteiger partial charge on any atom is -0.466 e. The highest BCUT2D eigenvalue weighted by molar-refractivity contribution is 5.90. The molecular weight excluding hydrogens is 244 g/mol. The van der Waals surface area contributed by atoms with Crippen molar-refractivity contribution < 1.29 is 19.4 Å². The number of carbonyl (C=O) groups excluding carboxylic acids is 2. The summed E-state index contributed by atoms with van der Waals surface area (Å²) in [5.41, 5.74) is -1.01. The van der Waals surface area contributed by atoms with Gasteiger partial charge < -0.3 is 9.84 Å². The summed E-state index contributed by atoms with van der Waals surface area (Å²) >= 11 is 0. The Bertz CT molecular complexity index is 468. The Hall–Kier alpha value is -1.68. The number of carbonyl (C=O) groups is 2. The number of rotatable bonds is 3. The summed E-state index contributed by atoms with van der Waals surface area (Å²) in [6.45, 7) is 2.06. The Balaban J connectivity index is 2.23. The molecule has 0 unspecified atom stereocenters. The maximum Gasteiger partial charge on any atom is 0.309 e. The molecule has 4 heteroatoms. The molecule has 2 rings (SSSR count). The van der Waals surface area contributed by atoms with E-state index >= 15 is 0 Å². The van der Waals surface area contributed by atoms with Gasteiger partial charge in [-0.1, -0.05) is 30.3 Å². The summed E-state index contributed by atoms with van der Waals surface area (Å²) in [7, 11) is 0. The molecular formula is C15H18O4. The van der Waals surface area contributed by atoms with Crippen LogP contribution in [0.3, 0.4) is 0 Å². The Kier molecular flexibility index (Phi) is 4.00. The maximum absolute atomic E-state index is 12.0. The van der Waals surface area contributed by atoms with Gasteiger partial charge in [0.2, 0.25) is 0 Å². The lowest BCUT2D eigenvalue weighted by molar-refractivity contribution is -0.158. The van der Waals surface area contributed by atoms with Gasteiger partial charge in [0.25, 0.3) is 0 Å². The molecule has 1 aliphatic carbocycles. The molecule has 0 aromatic heterocycles. The number of esters is 1. The van der Waals surface area contributed by atoms with E-state index in [1.54, 1.807) is 31.2 Å². The molecule has 1 aliphatic rings. The zero-order valence-electron chi connectivity index (χ0n) is 11.0. The fourth-order valence-electron chi connectivity index (χ4n) is 2.54. The van der Waals surface area contributed by atoms with Crippen molar-refractivity contribution in [2.45, 2.75) is 31.8 Å². The highest BCUT2D eigenvalue weighted by atomic mass is 16.5. The lowest BCUT2D eigenvalue weighted by atomic mass is 9.73. The second-order valence-corrected chi connectivity index (χ2v) is 4.84. The SMILES string of the molecule is CCOC(=O)[C@H]1CCC(=O)[C@](O)(c2ccccc2)C1. The van der Waals surface area contributed by atoms with Gasteiger partial charge in [0.1, 0.15) is 5.60 Å². The van der Waals surface area contributed by atoms with Gasteiger partial charge in [0, 0.05) is 12.8 Å². The van der Waals surface area contributed by atoms with Crippen molar-refractivity contribution in [2.24, 2.45) is 5.92 Å². The third kappa shape index (κ3) is 2.68. The molecule has 0 radical (unpaired) electrons. The standard InChI is InChI=1S/C15H18O4/c1-2-19-14(17)11-8-9-13(16)15(18,10-11)12-6-4-3-5-7-12/h3-7,11,18H,2,8-10H2,1H3/t11-,15+/m0/s1. The first-order chi connectivity index (χ1) is 9.08. The quantitative estimate of drug-likeness (QED) is 0.844. The second kappa shape index (κ2) is 5.53. The van der Waals surface area contributed by atoms with Crippen LogP contribution in [0.2, 0.25) is 0 Å². The van der Waals surface area contributed by atoms with Crippen LogP contribution in [0.1, 0.15) is 31.7 Å². The molecule has 1 saturated carbocycles. The Morgan fingerprint density at radius 3 is 2.74 bits per heavy atom. The zero-order chi connectivity index (χ0) is 13.9. The molecule has 1 N–H and O–H groups in total. The zero-order valence-corrected chi connectivity index (χ0v) is 11.0. The van der Waals surface area contributed by atoms with E-state index in [1.165, 1.54) is 0 Å². The largest absolute Gasteiger partial charge is 0.466 e. The number of Topliss-reactive ketones (excluding diaryl/α,β-unsaturated/α-hetero) is 1. The van der Waals surface area contributed by atoms with Gasteiger partial charge in [-0.2, -0.15) is 0 Å². The second-order valence-electron chi connectivity index (χ2n) is 4.84. The van der Waals surface area contributed by atoms with Crippen molar-refractivity contribution in [2.75, 3.05) is 6.61 Å². The monoisotopic (exact) mass is 262 g/mol. The third-order valence-electron chi connectivity index (χ3n) is 3.59. The van der Waals surface area contributed by atoms with Crippen LogP contribution in [-0.4, -0.2) is 23.5 Å². The fourth-order valence-corrected chi connectivity index (χ4v) is 2.54. The first-order valence-corrected chi connectivity index (χ1v) is 6.55. The van der Waals surface area contributed by atoms with E-state index in [1.807, 2.05) is 6.07 Å². The molecule has 102 valence electrons. The van der Waals surface area contributed by atoms with E-state index in [4.69, 9.17) is 4.74 Å². The summed E-state index contributed by atoms with van der Waals surface area (Å²) in [5, 5.41) is 10.6. The summed E-state index contributed by atoms with van der Waals surface area (Å²) in [5.74, 6) is -0.966. The number of ether oxygens (including phenoxy) is 1. The van der Waals surface area contributed by atoms with Gasteiger partial charge in [-0.3, -0.25) is 9.59 Å². The van der Waals surface area contributed by atoms with Gasteiger partial charge in [-0.25, -0.2) is 0 Å². The van der Waals surface area contributed by atoms with Crippen LogP contribution in [0.15, 0.2) is 30.3 Å². The minimum atomic E-state index is -1.56. The minimum absolute atomic E-state index is 0.106. The van der Waals surface area contributed by atoms with E-state index in [0.29, 0.717) is 18.6 Å². The van der Waals surface area contributed by atoms with Crippen molar-refractivity contribution >= 4 is 11.8 Å². The van der Waals surface area contributed by atoms with Crippen molar-refractivity contribution in [1.29, 1.82) is 0 Å². The highest BCUT2D eigenvalue weighted by Gasteiger charge is 2.45. The molecule has 0 spiro atoms. The predicted molar refractivity (Wildman–Crippen MR) is 69.3 cm³/mol. The molecule has 0 aliphatic heterocycles. The van der Waals surface area contributed by atoms with Crippen LogP contribution < -0.4 is 0 Å². The Morgan fingerprint density at radius 1 is 1.42 bits per heavy atom. The van der Waals surface area contributed by atoms with Gasteiger partial charge in [-0.05, 0) is 18.9 Å². The number of benzene rings is 1. The van der Waals surface area contributed by atoms with Gasteiger partial charge >= 0.3 is 5.97 Å². The first-order valence-electron chi connectivity index (χ1n) is 6.55. The number of aliphatic hydroxyl groups is 1. The molecule has 0 saturated heterocycles. The smallest absolute Gasteiger partial charge is 0.309 e. The molecule has 1 fully saturated rings. The van der Waals surface area contributed by atoms with Crippen molar-refractivity contribution in [1.82, 2.24) is 0 Å². The van der Waals surface area contributed by atoms with Crippen molar-refractivity contribution in [3.05, 3.63) is 35.9 Å². The Morgan fingerprint density at radius 2 is 2.11 bits per heavy atom. The molecule has 4 nitrogen and oxygen atoms in total. The number of hydrogen-bond acceptors (Lipinski definition) is 4. The molecule has 0 bridgehead atoms. The summed E-state index contributed by atoms with van der Waals surface area (Å²) in [6, 6.07) is 8.79. The molecule has 0 amide bonds. The number of hydrogen-bond donors (Lipinski definition) is 1. The highest BCUT2D eigenvalue weighted by Crippen LogP contribution is 2.37. The van der Waals surface area contributed by atoms with E-state index < -0.39 is 11.5 Å². The lowest BCUT2D eigenvalue weighted by Crippen LogP contribution is -2.43. The van der Waals surface area contributed by atoms with Gasteiger partial charge in [0.15, 0.2) is 5.78 Å². The van der Waals surface area contributed by atoms with Gasteiger partial charge in [-0.15, -0.1) is 0 Å². The molecule has 1 aromatic rings. The van der Waals surface area contributed by atoms with E-state index in [0.717, 1.165) is 0 Å². The average molecular weight is 262 g/mol. The van der Waals surface area contributed by atoms with Crippen LogP contribution in [0.25, 0.3) is 0 Å². The lowest BCUT2D eigenvalue weighted by Gasteiger charge is -2.34. The summed E-state index contributed by atoms with van der Waals surface area (Å²) in [6.07, 6.45) is 0.760. The van der Waals surface area contributed by atoms with Crippen molar-refractivity contribution in [3.63, 3.8) is 0 Å². The van der Waals surface area contributed by atoms with Crippen LogP contribution in [-0.2, 0) is 19.9 Å². The average Bonchev–Trinajstić information content (AvgIpc) is 2.43. The normalized spacial score (nSPS) is 27.1. The van der Waals surface area contributed by atoms with E-state index in [-0.39, 0.29) is 24.6 Å². The number of ketones is 1. The van der Waals surface area contributed by atoms with E-state index in [2.05, 4.69) is 0 Å². The van der Waals surface area contributed by atoms with Crippen molar-refractivity contribution in [3.8, 4) is 0 Å². The molecule has 2 atom stereocenters. The van der Waals surface area contributed by atoms with Crippen LogP contribution in [0.5, 0.6) is 0 Å². The van der Waals surface area contributed by atoms with Crippen LogP contribution >= 0.6 is 0 Å². The first kappa shape index (κ1) is 13.7. The van der Waals surface area contributed by atoms with E-state index in [9.17, 15) is 14.7 Å². The predicted octanol–water partition coefficient (Wildman–Crippen LogP) is 1.81. The molecule has 0 heterocycles. The molecule has 1 aromatic carbocycles. The summed E-state index contributed by atoms with van der Waals surface area (Å²) < 4.78 is 4.98.